The Kier molecular flexibility index (Phi) is 5.68. The quantitative estimate of drug-likeness (QED) is 0.865. The van der Waals surface area contributed by atoms with E-state index in [1.807, 2.05) is 29.2 Å². The van der Waals surface area contributed by atoms with Gasteiger partial charge in [0.05, 0.1) is 0 Å². The molecule has 2 amide bonds. The van der Waals surface area contributed by atoms with Crippen LogP contribution in [0.2, 0.25) is 0 Å². The molecular formula is C21H25N3O2. The molecule has 3 N–H and O–H groups in total. The molecule has 0 saturated carbocycles. The van der Waals surface area contributed by atoms with Gasteiger partial charge >= 0.3 is 0 Å². The Hall–Kier alpha value is -2.66. The van der Waals surface area contributed by atoms with Crippen molar-refractivity contribution >= 4 is 11.8 Å². The molecule has 1 saturated heterocycles. The second-order valence-corrected chi connectivity index (χ2v) is 6.82. The number of hydrogen-bond donors (Lipinski definition) is 2. The van der Waals surface area contributed by atoms with E-state index < -0.39 is 6.04 Å². The molecule has 136 valence electrons. The average molecular weight is 351 g/mol. The average Bonchev–Trinajstić information content (AvgIpc) is 3.13. The van der Waals surface area contributed by atoms with Crippen molar-refractivity contribution in [2.24, 2.45) is 11.7 Å². The summed E-state index contributed by atoms with van der Waals surface area (Å²) in [7, 11) is 0. The number of carbonyl (C=O) groups is 2. The summed E-state index contributed by atoms with van der Waals surface area (Å²) >= 11 is 0. The Bertz CT molecular complexity index is 748. The number of amides is 2. The van der Waals surface area contributed by atoms with Gasteiger partial charge in [0.1, 0.15) is 6.04 Å². The van der Waals surface area contributed by atoms with E-state index in [0.717, 1.165) is 0 Å². The molecule has 0 radical (unpaired) electrons. The number of rotatable bonds is 5. The van der Waals surface area contributed by atoms with Crippen molar-refractivity contribution in [1.29, 1.82) is 0 Å². The van der Waals surface area contributed by atoms with Gasteiger partial charge in [-0.1, -0.05) is 48.5 Å². The lowest BCUT2D eigenvalue weighted by Gasteiger charge is -2.22. The molecule has 2 aromatic rings. The van der Waals surface area contributed by atoms with Gasteiger partial charge in [-0.2, -0.15) is 0 Å². The molecular weight excluding hydrogens is 326 g/mol. The summed E-state index contributed by atoms with van der Waals surface area (Å²) in [5.41, 5.74) is 7.71. The largest absolute Gasteiger partial charge is 0.341 e. The summed E-state index contributed by atoms with van der Waals surface area (Å²) in [6.07, 6.45) is 0. The van der Waals surface area contributed by atoms with E-state index in [1.165, 1.54) is 5.56 Å². The van der Waals surface area contributed by atoms with Gasteiger partial charge in [0.15, 0.2) is 0 Å². The van der Waals surface area contributed by atoms with E-state index in [9.17, 15) is 9.59 Å². The van der Waals surface area contributed by atoms with Gasteiger partial charge < -0.3 is 16.0 Å². The molecule has 0 aromatic heterocycles. The first-order chi connectivity index (χ1) is 12.6. The standard InChI is InChI=1S/C21H25N3O2/c1-15(23-20(25)17-10-6-3-7-11-17)21(26)24-13-18(12-22)19(14-24)16-8-4-2-5-9-16/h2-11,15,18-19H,12-14,22H2,1H3,(H,23,25)/t15?,18-,19+/m1/s1. The first kappa shape index (κ1) is 18.1. The maximum Gasteiger partial charge on any atom is 0.251 e. The minimum Gasteiger partial charge on any atom is -0.341 e. The normalized spacial score (nSPS) is 20.6. The molecule has 0 aliphatic carbocycles. The van der Waals surface area contributed by atoms with Crippen molar-refractivity contribution in [3.05, 3.63) is 71.8 Å². The van der Waals surface area contributed by atoms with Crippen LogP contribution in [0.25, 0.3) is 0 Å². The zero-order valence-electron chi connectivity index (χ0n) is 15.0. The van der Waals surface area contributed by atoms with Crippen LogP contribution in [-0.4, -0.2) is 42.4 Å². The number of benzene rings is 2. The number of nitrogens with one attached hydrogen (secondary N) is 1. The molecule has 1 unspecified atom stereocenters. The Morgan fingerprint density at radius 3 is 2.31 bits per heavy atom. The Labute approximate surface area is 154 Å². The fourth-order valence-corrected chi connectivity index (χ4v) is 3.57. The molecule has 1 aliphatic rings. The predicted molar refractivity (Wildman–Crippen MR) is 102 cm³/mol. The predicted octanol–water partition coefficient (Wildman–Crippen LogP) is 2.01. The molecule has 26 heavy (non-hydrogen) atoms. The SMILES string of the molecule is CC(NC(=O)c1ccccc1)C(=O)N1C[C@@H](CN)[C@H](c2ccccc2)C1. The van der Waals surface area contributed by atoms with E-state index >= 15 is 0 Å². The summed E-state index contributed by atoms with van der Waals surface area (Å²) in [5.74, 6) is 0.173. The van der Waals surface area contributed by atoms with Crippen LogP contribution in [-0.2, 0) is 4.79 Å². The number of hydrogen-bond acceptors (Lipinski definition) is 3. The van der Waals surface area contributed by atoms with Crippen LogP contribution in [0.5, 0.6) is 0 Å². The Morgan fingerprint density at radius 1 is 1.08 bits per heavy atom. The fraction of sp³-hybridized carbons (Fsp3) is 0.333. The van der Waals surface area contributed by atoms with Crippen molar-refractivity contribution in [3.8, 4) is 0 Å². The van der Waals surface area contributed by atoms with Crippen molar-refractivity contribution in [2.45, 2.75) is 18.9 Å². The van der Waals surface area contributed by atoms with Gasteiger partial charge in [0, 0.05) is 24.6 Å². The van der Waals surface area contributed by atoms with Crippen LogP contribution in [0.15, 0.2) is 60.7 Å². The lowest BCUT2D eigenvalue weighted by atomic mass is 9.89. The van der Waals surface area contributed by atoms with Crippen LogP contribution in [0.1, 0.15) is 28.8 Å². The molecule has 5 heteroatoms. The number of carbonyl (C=O) groups excluding carboxylic acids is 2. The fourth-order valence-electron chi connectivity index (χ4n) is 3.57. The Morgan fingerprint density at radius 2 is 1.69 bits per heavy atom. The minimum absolute atomic E-state index is 0.0637. The summed E-state index contributed by atoms with van der Waals surface area (Å²) < 4.78 is 0. The van der Waals surface area contributed by atoms with Crippen LogP contribution >= 0.6 is 0 Å². The molecule has 1 aliphatic heterocycles. The van der Waals surface area contributed by atoms with Crippen molar-refractivity contribution in [3.63, 3.8) is 0 Å². The molecule has 5 nitrogen and oxygen atoms in total. The highest BCUT2D eigenvalue weighted by molar-refractivity contribution is 5.97. The van der Waals surface area contributed by atoms with Gasteiger partial charge in [-0.05, 0) is 37.1 Å². The van der Waals surface area contributed by atoms with Gasteiger partial charge in [-0.15, -0.1) is 0 Å². The van der Waals surface area contributed by atoms with Crippen molar-refractivity contribution in [2.75, 3.05) is 19.6 Å². The van der Waals surface area contributed by atoms with Crippen LogP contribution in [0.4, 0.5) is 0 Å². The van der Waals surface area contributed by atoms with E-state index in [1.54, 1.807) is 31.2 Å². The maximum atomic E-state index is 12.8. The van der Waals surface area contributed by atoms with Gasteiger partial charge in [0.2, 0.25) is 5.91 Å². The second kappa shape index (κ2) is 8.15. The van der Waals surface area contributed by atoms with Crippen LogP contribution in [0.3, 0.4) is 0 Å². The lowest BCUT2D eigenvalue weighted by Crippen LogP contribution is -2.46. The summed E-state index contributed by atoms with van der Waals surface area (Å²) in [5, 5.41) is 2.80. The molecule has 3 rings (SSSR count). The minimum atomic E-state index is -0.573. The Balaban J connectivity index is 1.65. The van der Waals surface area contributed by atoms with Crippen LogP contribution < -0.4 is 11.1 Å². The highest BCUT2D eigenvalue weighted by Crippen LogP contribution is 2.32. The third-order valence-corrected chi connectivity index (χ3v) is 5.04. The van der Waals surface area contributed by atoms with E-state index in [4.69, 9.17) is 5.73 Å². The lowest BCUT2D eigenvalue weighted by molar-refractivity contribution is -0.131. The highest BCUT2D eigenvalue weighted by atomic mass is 16.2. The van der Waals surface area contributed by atoms with Gasteiger partial charge in [0.25, 0.3) is 5.91 Å². The summed E-state index contributed by atoms with van der Waals surface area (Å²) in [4.78, 5) is 26.9. The maximum absolute atomic E-state index is 12.8. The summed E-state index contributed by atoms with van der Waals surface area (Å²) in [6, 6.07) is 18.5. The molecule has 1 fully saturated rings. The first-order valence-electron chi connectivity index (χ1n) is 9.00. The molecule has 3 atom stereocenters. The second-order valence-electron chi connectivity index (χ2n) is 6.82. The van der Waals surface area contributed by atoms with Gasteiger partial charge in [-0.3, -0.25) is 9.59 Å². The molecule has 0 spiro atoms. The number of nitrogens with zero attached hydrogens (tertiary/aromatic N) is 1. The third-order valence-electron chi connectivity index (χ3n) is 5.04. The number of nitrogens with two attached hydrogens (primary N) is 1. The van der Waals surface area contributed by atoms with Gasteiger partial charge in [-0.25, -0.2) is 0 Å². The van der Waals surface area contributed by atoms with Crippen molar-refractivity contribution in [1.82, 2.24) is 10.2 Å². The zero-order valence-corrected chi connectivity index (χ0v) is 15.0. The third kappa shape index (κ3) is 3.94. The molecule has 0 bridgehead atoms. The first-order valence-corrected chi connectivity index (χ1v) is 9.00. The smallest absolute Gasteiger partial charge is 0.251 e. The zero-order chi connectivity index (χ0) is 18.5. The topological polar surface area (TPSA) is 75.4 Å². The van der Waals surface area contributed by atoms with E-state index in [-0.39, 0.29) is 23.7 Å². The molecule has 1 heterocycles. The monoisotopic (exact) mass is 351 g/mol. The number of likely N-dealkylation sites (tertiary alicyclic amines) is 1. The molecule has 2 aromatic carbocycles. The van der Waals surface area contributed by atoms with Crippen molar-refractivity contribution < 1.29 is 9.59 Å². The summed E-state index contributed by atoms with van der Waals surface area (Å²) in [6.45, 7) is 3.53. The van der Waals surface area contributed by atoms with E-state index in [0.29, 0.717) is 25.2 Å². The highest BCUT2D eigenvalue weighted by Gasteiger charge is 2.36. The van der Waals surface area contributed by atoms with Crippen LogP contribution in [0, 0.1) is 5.92 Å². The van der Waals surface area contributed by atoms with E-state index in [2.05, 4.69) is 17.4 Å².